The van der Waals surface area contributed by atoms with Crippen molar-refractivity contribution in [3.63, 3.8) is 0 Å². The fourth-order valence-corrected chi connectivity index (χ4v) is 5.51. The molecule has 1 aliphatic rings. The van der Waals surface area contributed by atoms with Crippen molar-refractivity contribution in [1.82, 2.24) is 5.32 Å². The molecule has 8 nitrogen and oxygen atoms in total. The van der Waals surface area contributed by atoms with Gasteiger partial charge in [0.15, 0.2) is 15.6 Å². The maximum absolute atomic E-state index is 12.6. The number of amides is 2. The lowest BCUT2D eigenvalue weighted by Crippen LogP contribution is -2.34. The van der Waals surface area contributed by atoms with Crippen LogP contribution in [0.5, 0.6) is 5.75 Å². The lowest BCUT2D eigenvalue weighted by molar-refractivity contribution is -0.142. The zero-order valence-corrected chi connectivity index (χ0v) is 18.6. The molecular weight excluding hydrogens is 489 g/mol. The molecule has 1 aromatic carbocycles. The Hall–Kier alpha value is -2.73. The molecule has 33 heavy (non-hydrogen) atoms. The van der Waals surface area contributed by atoms with E-state index in [0.717, 1.165) is 30.5 Å². The van der Waals surface area contributed by atoms with Gasteiger partial charge in [-0.05, 0) is 43.0 Å². The largest absolute Gasteiger partial charge is 0.504 e. The molecule has 180 valence electrons. The van der Waals surface area contributed by atoms with E-state index in [0.29, 0.717) is 12.2 Å². The number of alkyl halides is 3. The number of hydrogen-bond donors (Lipinski definition) is 3. The number of nitrogens with one attached hydrogen (secondary N) is 2. The number of anilines is 1. The third-order valence-electron chi connectivity index (χ3n) is 5.02. The van der Waals surface area contributed by atoms with E-state index in [9.17, 15) is 36.3 Å². The van der Waals surface area contributed by atoms with E-state index in [4.69, 9.17) is 16.0 Å². The molecule has 3 rings (SSSR count). The molecule has 1 aromatic heterocycles. The molecular formula is C20H20ClF3N2O6S. The van der Waals surface area contributed by atoms with Crippen LogP contribution in [-0.4, -0.2) is 37.3 Å². The Balaban J connectivity index is 1.74. The van der Waals surface area contributed by atoms with Gasteiger partial charge in [0.25, 0.3) is 0 Å². The molecule has 0 unspecified atom stereocenters. The van der Waals surface area contributed by atoms with Crippen molar-refractivity contribution in [3.8, 4) is 5.75 Å². The highest BCUT2D eigenvalue weighted by molar-refractivity contribution is 7.92. The number of rotatable bonds is 7. The number of benzene rings is 1. The molecule has 1 aliphatic carbocycles. The summed E-state index contributed by atoms with van der Waals surface area (Å²) in [6, 6.07) is 2.86. The van der Waals surface area contributed by atoms with Gasteiger partial charge in [-0.25, -0.2) is 13.2 Å². The van der Waals surface area contributed by atoms with Crippen LogP contribution in [-0.2, 0) is 21.1 Å². The van der Waals surface area contributed by atoms with Gasteiger partial charge in [-0.2, -0.15) is 13.2 Å². The van der Waals surface area contributed by atoms with Gasteiger partial charge >= 0.3 is 12.2 Å². The summed E-state index contributed by atoms with van der Waals surface area (Å²) < 4.78 is 67.5. The van der Waals surface area contributed by atoms with Gasteiger partial charge in [-0.15, -0.1) is 0 Å². The number of sulfone groups is 1. The number of hydrogen-bond acceptors (Lipinski definition) is 6. The molecule has 2 aromatic rings. The van der Waals surface area contributed by atoms with Crippen LogP contribution in [0, 0.1) is 0 Å². The Morgan fingerprint density at radius 1 is 1.24 bits per heavy atom. The minimum absolute atomic E-state index is 0.311. The first-order valence-corrected chi connectivity index (χ1v) is 11.9. The normalized spacial score (nSPS) is 16.2. The lowest BCUT2D eigenvalue weighted by atomic mass is 9.94. The number of aryl methyl sites for hydroxylation is 1. The zero-order valence-electron chi connectivity index (χ0n) is 17.0. The second-order valence-corrected chi connectivity index (χ2v) is 9.87. The maximum atomic E-state index is 12.6. The van der Waals surface area contributed by atoms with E-state index in [1.165, 1.54) is 6.26 Å². The summed E-state index contributed by atoms with van der Waals surface area (Å²) in [4.78, 5) is 23.4. The molecule has 0 radical (unpaired) electrons. The first-order valence-electron chi connectivity index (χ1n) is 9.84. The summed E-state index contributed by atoms with van der Waals surface area (Å²) in [5.41, 5.74) is 0.651. The number of fused-ring (bicyclic) bond motifs is 1. The van der Waals surface area contributed by atoms with E-state index in [1.807, 2.05) is 0 Å². The number of Topliss-reactive ketones (excluding diaryl/α,β-unsaturated/α-hetero) is 1. The number of urea groups is 1. The Bertz CT molecular complexity index is 1160. The fourth-order valence-electron chi connectivity index (χ4n) is 3.52. The fraction of sp³-hybridized carbons (Fsp3) is 0.400. The van der Waals surface area contributed by atoms with Crippen LogP contribution in [0.4, 0.5) is 23.7 Å². The molecule has 0 saturated heterocycles. The molecule has 1 atom stereocenters. The number of carbonyl (C=O) groups excluding carboxylic acids is 2. The van der Waals surface area contributed by atoms with Crippen LogP contribution in [0.3, 0.4) is 0 Å². The Morgan fingerprint density at radius 2 is 1.97 bits per heavy atom. The van der Waals surface area contributed by atoms with Gasteiger partial charge in [-0.3, -0.25) is 4.79 Å². The summed E-state index contributed by atoms with van der Waals surface area (Å²) in [5.74, 6) is -2.79. The summed E-state index contributed by atoms with van der Waals surface area (Å²) >= 11 is 5.88. The Morgan fingerprint density at radius 3 is 2.67 bits per heavy atom. The standard InChI is InChI=1S/C20H20ClF3N2O6S/c21-13-4-5-14(25-19(29)26-15-3-1-2-11-7-9-32-17(11)15)16(28)18(13)33(30,31)10-12(27)6-8-20(22,23)24/h4-5,7,9,15,28H,1-3,6,8,10H2,(H2,25,26,29)/t15-/m0/s1. The van der Waals surface area contributed by atoms with E-state index in [-0.39, 0.29) is 5.69 Å². The van der Waals surface area contributed by atoms with Crippen molar-refractivity contribution in [2.24, 2.45) is 0 Å². The van der Waals surface area contributed by atoms with Gasteiger partial charge in [0.1, 0.15) is 22.2 Å². The average Bonchev–Trinajstić information content (AvgIpc) is 3.17. The highest BCUT2D eigenvalue weighted by Crippen LogP contribution is 2.38. The quantitative estimate of drug-likeness (QED) is 0.472. The number of halogens is 4. The topological polar surface area (TPSA) is 126 Å². The van der Waals surface area contributed by atoms with Gasteiger partial charge in [0.05, 0.1) is 29.4 Å². The molecule has 0 bridgehead atoms. The van der Waals surface area contributed by atoms with Crippen molar-refractivity contribution in [3.05, 3.63) is 40.8 Å². The average molecular weight is 509 g/mol. The minimum atomic E-state index is -4.62. The molecule has 0 saturated carbocycles. The Kier molecular flexibility index (Phi) is 7.27. The lowest BCUT2D eigenvalue weighted by Gasteiger charge is -2.22. The molecule has 1 heterocycles. The van der Waals surface area contributed by atoms with Crippen molar-refractivity contribution in [2.45, 2.75) is 49.2 Å². The Labute approximate surface area is 192 Å². The molecule has 2 amide bonds. The highest BCUT2D eigenvalue weighted by Gasteiger charge is 2.32. The third kappa shape index (κ3) is 6.20. The monoisotopic (exact) mass is 508 g/mol. The number of carbonyl (C=O) groups is 2. The highest BCUT2D eigenvalue weighted by atomic mass is 35.5. The second kappa shape index (κ2) is 9.64. The predicted molar refractivity (Wildman–Crippen MR) is 112 cm³/mol. The maximum Gasteiger partial charge on any atom is 0.389 e. The zero-order chi connectivity index (χ0) is 24.4. The number of aromatic hydroxyl groups is 1. The summed E-state index contributed by atoms with van der Waals surface area (Å²) in [6.45, 7) is 0. The van der Waals surface area contributed by atoms with Crippen LogP contribution in [0.1, 0.15) is 43.0 Å². The minimum Gasteiger partial charge on any atom is -0.504 e. The first-order chi connectivity index (χ1) is 15.4. The molecule has 13 heteroatoms. The number of furan rings is 1. The van der Waals surface area contributed by atoms with Gasteiger partial charge in [0, 0.05) is 6.42 Å². The molecule has 0 fully saturated rings. The number of phenolic OH excluding ortho intramolecular Hbond substituents is 1. The molecule has 0 spiro atoms. The van der Waals surface area contributed by atoms with Crippen molar-refractivity contribution in [2.75, 3.05) is 11.1 Å². The van der Waals surface area contributed by atoms with Crippen LogP contribution in [0.2, 0.25) is 5.02 Å². The molecule has 0 aliphatic heterocycles. The summed E-state index contributed by atoms with van der Waals surface area (Å²) in [6.07, 6.45) is -3.37. The predicted octanol–water partition coefficient (Wildman–Crippen LogP) is 4.52. The van der Waals surface area contributed by atoms with E-state index in [1.54, 1.807) is 6.07 Å². The van der Waals surface area contributed by atoms with Crippen molar-refractivity contribution >= 4 is 38.9 Å². The van der Waals surface area contributed by atoms with E-state index in [2.05, 4.69) is 10.6 Å². The van der Waals surface area contributed by atoms with E-state index < -0.39 is 68.1 Å². The van der Waals surface area contributed by atoms with Crippen LogP contribution < -0.4 is 10.6 Å². The van der Waals surface area contributed by atoms with Gasteiger partial charge in [-0.1, -0.05) is 11.6 Å². The van der Waals surface area contributed by atoms with Gasteiger partial charge < -0.3 is 20.2 Å². The summed E-state index contributed by atoms with van der Waals surface area (Å²) in [5, 5.41) is 15.0. The van der Waals surface area contributed by atoms with E-state index >= 15 is 0 Å². The van der Waals surface area contributed by atoms with Crippen molar-refractivity contribution < 1.29 is 40.7 Å². The van der Waals surface area contributed by atoms with Crippen LogP contribution >= 0.6 is 11.6 Å². The number of ketones is 1. The van der Waals surface area contributed by atoms with Crippen LogP contribution in [0.25, 0.3) is 0 Å². The number of phenols is 1. The summed E-state index contributed by atoms with van der Waals surface area (Å²) in [7, 11) is -4.59. The third-order valence-corrected chi connectivity index (χ3v) is 7.19. The second-order valence-electron chi connectivity index (χ2n) is 7.54. The first kappa shape index (κ1) is 24.9. The van der Waals surface area contributed by atoms with Crippen LogP contribution in [0.15, 0.2) is 33.8 Å². The molecule has 3 N–H and O–H groups in total. The van der Waals surface area contributed by atoms with Gasteiger partial charge in [0.2, 0.25) is 0 Å². The SMILES string of the molecule is O=C(CCC(F)(F)F)CS(=O)(=O)c1c(Cl)ccc(NC(=O)N[C@H]2CCCc3ccoc32)c1O. The smallest absolute Gasteiger partial charge is 0.389 e. The van der Waals surface area contributed by atoms with Crippen molar-refractivity contribution in [1.29, 1.82) is 0 Å².